The van der Waals surface area contributed by atoms with Gasteiger partial charge in [-0.25, -0.2) is 0 Å². The fourth-order valence-electron chi connectivity index (χ4n) is 2.67. The Hall–Kier alpha value is -2.18. The molecule has 1 heterocycles. The van der Waals surface area contributed by atoms with Crippen molar-refractivity contribution in [2.24, 2.45) is 11.7 Å². The first-order valence-electron chi connectivity index (χ1n) is 7.84. The number of nitrogens with two attached hydrogens (primary N) is 1. The first-order chi connectivity index (χ1) is 10.8. The van der Waals surface area contributed by atoms with Gasteiger partial charge in [-0.05, 0) is 18.8 Å². The molecule has 1 atom stereocenters. The molecule has 128 valence electrons. The van der Waals surface area contributed by atoms with Gasteiger partial charge >= 0.3 is 0 Å². The highest BCUT2D eigenvalue weighted by atomic mass is 16.2. The topological polar surface area (TPSA) is 101 Å². The number of likely N-dealkylation sites (N-methyl/N-ethyl adjacent to an activating group) is 1. The molecule has 0 spiro atoms. The Morgan fingerprint density at radius 2 is 1.70 bits per heavy atom. The van der Waals surface area contributed by atoms with Crippen LogP contribution in [0.4, 0.5) is 0 Å². The van der Waals surface area contributed by atoms with E-state index in [4.69, 9.17) is 5.73 Å². The summed E-state index contributed by atoms with van der Waals surface area (Å²) in [7, 11) is 1.59. The van der Waals surface area contributed by atoms with Gasteiger partial charge in [0.2, 0.25) is 11.8 Å². The Balaban J connectivity index is 2.30. The summed E-state index contributed by atoms with van der Waals surface area (Å²) >= 11 is 0. The van der Waals surface area contributed by atoms with E-state index in [1.54, 1.807) is 7.05 Å². The zero-order chi connectivity index (χ0) is 17.6. The second kappa shape index (κ2) is 8.45. The van der Waals surface area contributed by atoms with Crippen molar-refractivity contribution in [3.8, 4) is 0 Å². The highest BCUT2D eigenvalue weighted by Crippen LogP contribution is 2.12. The zero-order valence-electron chi connectivity index (χ0n) is 13.9. The summed E-state index contributed by atoms with van der Waals surface area (Å²) in [5, 5.41) is 0. The Labute approximate surface area is 136 Å². The molecule has 0 aromatic carbocycles. The van der Waals surface area contributed by atoms with Crippen molar-refractivity contribution in [3.05, 3.63) is 12.2 Å². The summed E-state index contributed by atoms with van der Waals surface area (Å²) in [6.45, 7) is 4.05. The molecule has 7 nitrogen and oxygen atoms in total. The van der Waals surface area contributed by atoms with E-state index in [-0.39, 0.29) is 23.6 Å². The van der Waals surface area contributed by atoms with Gasteiger partial charge in [0, 0.05) is 32.2 Å². The van der Waals surface area contributed by atoms with Crippen molar-refractivity contribution in [2.75, 3.05) is 13.6 Å². The van der Waals surface area contributed by atoms with Gasteiger partial charge in [0.05, 0.1) is 0 Å². The van der Waals surface area contributed by atoms with Crippen molar-refractivity contribution >= 4 is 23.6 Å². The Kier molecular flexibility index (Phi) is 6.93. The summed E-state index contributed by atoms with van der Waals surface area (Å²) in [5.41, 5.74) is 5.34. The fraction of sp³-hybridized carbons (Fsp3) is 0.625. The Morgan fingerprint density at radius 1 is 1.13 bits per heavy atom. The standard InChI is InChI=1S/C16H25N3O4/c1-11(2)15(16(17)23)18(3)12(20)7-5-4-6-10-19-13(21)8-9-14(19)22/h8-9,11,15H,4-7,10H2,1-3H3,(H2,17,23). The number of amides is 4. The van der Waals surface area contributed by atoms with Gasteiger partial charge in [-0.3, -0.25) is 24.1 Å². The first-order valence-corrected chi connectivity index (χ1v) is 7.84. The van der Waals surface area contributed by atoms with Crippen LogP contribution in [0.15, 0.2) is 12.2 Å². The van der Waals surface area contributed by atoms with Crippen LogP contribution in [0, 0.1) is 5.92 Å². The lowest BCUT2D eigenvalue weighted by Gasteiger charge is -2.28. The van der Waals surface area contributed by atoms with Gasteiger partial charge in [0.25, 0.3) is 11.8 Å². The zero-order valence-corrected chi connectivity index (χ0v) is 13.9. The highest BCUT2D eigenvalue weighted by Gasteiger charge is 2.27. The number of unbranched alkanes of at least 4 members (excludes halogenated alkanes) is 2. The minimum Gasteiger partial charge on any atom is -0.368 e. The summed E-state index contributed by atoms with van der Waals surface area (Å²) in [5.74, 6) is -1.24. The van der Waals surface area contributed by atoms with Crippen molar-refractivity contribution in [1.29, 1.82) is 0 Å². The highest BCUT2D eigenvalue weighted by molar-refractivity contribution is 6.12. The predicted molar refractivity (Wildman–Crippen MR) is 84.9 cm³/mol. The van der Waals surface area contributed by atoms with Gasteiger partial charge in [-0.15, -0.1) is 0 Å². The van der Waals surface area contributed by atoms with Gasteiger partial charge in [-0.2, -0.15) is 0 Å². The van der Waals surface area contributed by atoms with Gasteiger partial charge < -0.3 is 10.6 Å². The van der Waals surface area contributed by atoms with E-state index < -0.39 is 11.9 Å². The molecule has 0 bridgehead atoms. The molecule has 0 aromatic rings. The maximum atomic E-state index is 12.1. The van der Waals surface area contributed by atoms with Crippen molar-refractivity contribution in [1.82, 2.24) is 9.80 Å². The number of hydrogen-bond donors (Lipinski definition) is 1. The maximum Gasteiger partial charge on any atom is 0.253 e. The largest absolute Gasteiger partial charge is 0.368 e. The fourth-order valence-corrected chi connectivity index (χ4v) is 2.67. The van der Waals surface area contributed by atoms with E-state index in [9.17, 15) is 19.2 Å². The van der Waals surface area contributed by atoms with Crippen LogP contribution in [-0.4, -0.2) is 53.1 Å². The van der Waals surface area contributed by atoms with Gasteiger partial charge in [0.15, 0.2) is 0 Å². The van der Waals surface area contributed by atoms with Crippen LogP contribution in [0.5, 0.6) is 0 Å². The van der Waals surface area contributed by atoms with Crippen LogP contribution in [0.1, 0.15) is 39.5 Å². The first kappa shape index (κ1) is 18.9. The minimum absolute atomic E-state index is 0.0406. The molecule has 0 aromatic heterocycles. The molecule has 1 aliphatic rings. The van der Waals surface area contributed by atoms with Crippen molar-refractivity contribution < 1.29 is 19.2 Å². The Morgan fingerprint density at radius 3 is 2.17 bits per heavy atom. The average Bonchev–Trinajstić information content (AvgIpc) is 2.77. The van der Waals surface area contributed by atoms with E-state index >= 15 is 0 Å². The SMILES string of the molecule is CC(C)C(C(N)=O)N(C)C(=O)CCCCCN1C(=O)C=CC1=O. The summed E-state index contributed by atoms with van der Waals surface area (Å²) in [4.78, 5) is 48.9. The summed E-state index contributed by atoms with van der Waals surface area (Å²) < 4.78 is 0. The quantitative estimate of drug-likeness (QED) is 0.491. The number of hydrogen-bond acceptors (Lipinski definition) is 4. The molecule has 0 saturated heterocycles. The molecule has 1 rings (SSSR count). The molecule has 0 aliphatic carbocycles. The van der Waals surface area contributed by atoms with E-state index in [0.29, 0.717) is 25.8 Å². The minimum atomic E-state index is -0.603. The van der Waals surface area contributed by atoms with Crippen LogP contribution in [0.25, 0.3) is 0 Å². The lowest BCUT2D eigenvalue weighted by molar-refractivity contribution is -0.139. The third-order valence-electron chi connectivity index (χ3n) is 3.91. The van der Waals surface area contributed by atoms with E-state index in [2.05, 4.69) is 0 Å². The number of primary amides is 1. The predicted octanol–water partition coefficient (Wildman–Crippen LogP) is 0.440. The molecular weight excluding hydrogens is 298 g/mol. The number of rotatable bonds is 9. The number of imide groups is 1. The van der Waals surface area contributed by atoms with Crippen LogP contribution >= 0.6 is 0 Å². The lowest BCUT2D eigenvalue weighted by Crippen LogP contribution is -2.48. The number of carbonyl (C=O) groups excluding carboxylic acids is 4. The van der Waals surface area contributed by atoms with Crippen LogP contribution < -0.4 is 5.73 Å². The van der Waals surface area contributed by atoms with E-state index in [1.807, 2.05) is 13.8 Å². The molecule has 0 radical (unpaired) electrons. The lowest BCUT2D eigenvalue weighted by atomic mass is 10.0. The van der Waals surface area contributed by atoms with Crippen molar-refractivity contribution in [2.45, 2.75) is 45.6 Å². The normalized spacial score (nSPS) is 15.4. The third kappa shape index (κ3) is 5.19. The molecule has 0 saturated carbocycles. The van der Waals surface area contributed by atoms with Gasteiger partial charge in [-0.1, -0.05) is 20.3 Å². The Bertz CT molecular complexity index is 495. The second-order valence-corrected chi connectivity index (χ2v) is 6.07. The van der Waals surface area contributed by atoms with Crippen LogP contribution in [0.2, 0.25) is 0 Å². The maximum absolute atomic E-state index is 12.1. The third-order valence-corrected chi connectivity index (χ3v) is 3.91. The smallest absolute Gasteiger partial charge is 0.253 e. The van der Waals surface area contributed by atoms with E-state index in [1.165, 1.54) is 22.0 Å². The van der Waals surface area contributed by atoms with E-state index in [0.717, 1.165) is 6.42 Å². The summed E-state index contributed by atoms with van der Waals surface area (Å²) in [6, 6.07) is -0.603. The van der Waals surface area contributed by atoms with Crippen LogP contribution in [-0.2, 0) is 19.2 Å². The van der Waals surface area contributed by atoms with Crippen LogP contribution in [0.3, 0.4) is 0 Å². The molecule has 23 heavy (non-hydrogen) atoms. The molecule has 7 heteroatoms. The number of carbonyl (C=O) groups is 4. The molecule has 2 N–H and O–H groups in total. The summed E-state index contributed by atoms with van der Waals surface area (Å²) in [6.07, 6.45) is 4.84. The second-order valence-electron chi connectivity index (χ2n) is 6.07. The molecule has 4 amide bonds. The molecule has 1 unspecified atom stereocenters. The molecule has 1 aliphatic heterocycles. The molecular formula is C16H25N3O4. The number of nitrogens with zero attached hydrogens (tertiary/aromatic N) is 2. The van der Waals surface area contributed by atoms with Gasteiger partial charge in [0.1, 0.15) is 6.04 Å². The van der Waals surface area contributed by atoms with Crippen molar-refractivity contribution in [3.63, 3.8) is 0 Å². The molecule has 0 fully saturated rings. The average molecular weight is 323 g/mol. The monoisotopic (exact) mass is 323 g/mol.